The molecule has 4 aromatic rings. The second kappa shape index (κ2) is 9.14. The van der Waals surface area contributed by atoms with E-state index in [4.69, 9.17) is 0 Å². The molecule has 0 spiro atoms. The Morgan fingerprint density at radius 1 is 1.00 bits per heavy atom. The molecule has 1 saturated heterocycles. The first-order valence-corrected chi connectivity index (χ1v) is 11.5. The molecule has 0 atom stereocenters. The molecule has 2 aromatic carbocycles. The van der Waals surface area contributed by atoms with Crippen LogP contribution in [-0.2, 0) is 6.18 Å². The van der Waals surface area contributed by atoms with Gasteiger partial charge in [-0.2, -0.15) is 18.3 Å². The molecule has 1 amide bonds. The highest BCUT2D eigenvalue weighted by Gasteiger charge is 2.34. The van der Waals surface area contributed by atoms with Crippen molar-refractivity contribution < 1.29 is 18.0 Å². The summed E-state index contributed by atoms with van der Waals surface area (Å²) in [5, 5.41) is 4.11. The van der Waals surface area contributed by atoms with Gasteiger partial charge in [0.2, 0.25) is 11.4 Å². The zero-order valence-corrected chi connectivity index (χ0v) is 19.4. The number of H-pyrrole nitrogens is 1. The molecule has 0 bridgehead atoms. The predicted molar refractivity (Wildman–Crippen MR) is 128 cm³/mol. The van der Waals surface area contributed by atoms with E-state index in [0.717, 1.165) is 27.8 Å². The Morgan fingerprint density at radius 3 is 2.53 bits per heavy atom. The van der Waals surface area contributed by atoms with E-state index in [1.807, 2.05) is 29.2 Å². The number of aryl methyl sites for hydroxylation is 1. The number of hydrogen-bond acceptors (Lipinski definition) is 5. The number of anilines is 1. The lowest BCUT2D eigenvalue weighted by molar-refractivity contribution is -0.137. The van der Waals surface area contributed by atoms with Gasteiger partial charge >= 0.3 is 6.18 Å². The van der Waals surface area contributed by atoms with Crippen LogP contribution < -0.4 is 10.3 Å². The fourth-order valence-electron chi connectivity index (χ4n) is 4.41. The van der Waals surface area contributed by atoms with Crippen molar-refractivity contribution in [2.75, 3.05) is 31.1 Å². The van der Waals surface area contributed by atoms with Crippen molar-refractivity contribution in [1.82, 2.24) is 24.6 Å². The lowest BCUT2D eigenvalue weighted by atomic mass is 10.1. The van der Waals surface area contributed by atoms with E-state index in [2.05, 4.69) is 15.1 Å². The van der Waals surface area contributed by atoms with Crippen molar-refractivity contribution in [3.63, 3.8) is 0 Å². The lowest BCUT2D eigenvalue weighted by Gasteiger charge is -2.22. The molecule has 186 valence electrons. The number of nitrogens with zero attached hydrogens (tertiary/aromatic N) is 5. The molecular formula is C25H23F3N6O2. The second-order valence-electron chi connectivity index (χ2n) is 8.64. The minimum atomic E-state index is -4.62. The van der Waals surface area contributed by atoms with Crippen LogP contribution in [0.2, 0.25) is 0 Å². The van der Waals surface area contributed by atoms with Crippen LogP contribution in [-0.4, -0.2) is 56.7 Å². The highest BCUT2D eigenvalue weighted by atomic mass is 19.4. The third kappa shape index (κ3) is 4.43. The summed E-state index contributed by atoms with van der Waals surface area (Å²) < 4.78 is 41.8. The van der Waals surface area contributed by atoms with Gasteiger partial charge in [-0.3, -0.25) is 9.59 Å². The molecule has 36 heavy (non-hydrogen) atoms. The highest BCUT2D eigenvalue weighted by molar-refractivity contribution is 5.92. The molecule has 1 N–H and O–H groups in total. The van der Waals surface area contributed by atoms with Crippen LogP contribution in [0.1, 0.15) is 28.2 Å². The number of halogens is 3. The van der Waals surface area contributed by atoms with Gasteiger partial charge < -0.3 is 14.8 Å². The minimum absolute atomic E-state index is 0.195. The van der Waals surface area contributed by atoms with E-state index in [-0.39, 0.29) is 11.4 Å². The average Bonchev–Trinajstić information content (AvgIpc) is 3.12. The number of carbonyl (C=O) groups is 1. The van der Waals surface area contributed by atoms with Crippen molar-refractivity contribution in [3.05, 3.63) is 81.8 Å². The molecular weight excluding hydrogens is 473 g/mol. The van der Waals surface area contributed by atoms with Gasteiger partial charge in [-0.05, 0) is 37.6 Å². The Labute approximate surface area is 204 Å². The average molecular weight is 496 g/mol. The Bertz CT molecular complexity index is 1460. The standard InChI is InChI=1S/C25H23F3N6O2/c1-16-15-21(35)22(31-34(16)20-10-5-2-7-17(20)25(26,27)28)23(36)32-11-6-12-33(14-13-32)24-29-18-8-3-4-9-19(18)30-24/h2-5,7-10,15H,6,11-14H2,1H3,(H,29,30). The van der Waals surface area contributed by atoms with Crippen LogP contribution in [0, 0.1) is 6.92 Å². The molecule has 11 heteroatoms. The van der Waals surface area contributed by atoms with Gasteiger partial charge in [-0.25, -0.2) is 9.67 Å². The number of rotatable bonds is 3. The van der Waals surface area contributed by atoms with E-state index in [1.54, 1.807) is 0 Å². The summed E-state index contributed by atoms with van der Waals surface area (Å²) in [5.74, 6) is 0.0924. The predicted octanol–water partition coefficient (Wildman–Crippen LogP) is 3.79. The molecule has 8 nitrogen and oxygen atoms in total. The number of para-hydroxylation sites is 3. The fourth-order valence-corrected chi connectivity index (χ4v) is 4.41. The summed E-state index contributed by atoms with van der Waals surface area (Å²) >= 11 is 0. The smallest absolute Gasteiger partial charge is 0.341 e. The van der Waals surface area contributed by atoms with E-state index in [1.165, 1.54) is 30.0 Å². The first-order valence-electron chi connectivity index (χ1n) is 11.5. The van der Waals surface area contributed by atoms with Crippen LogP contribution in [0.25, 0.3) is 16.7 Å². The van der Waals surface area contributed by atoms with E-state index >= 15 is 0 Å². The van der Waals surface area contributed by atoms with Crippen molar-refractivity contribution in [1.29, 1.82) is 0 Å². The molecule has 0 unspecified atom stereocenters. The Balaban J connectivity index is 1.42. The number of hydrogen-bond donors (Lipinski definition) is 1. The number of alkyl halides is 3. The Kier molecular flexibility index (Phi) is 5.99. The van der Waals surface area contributed by atoms with Crippen LogP contribution >= 0.6 is 0 Å². The summed E-state index contributed by atoms with van der Waals surface area (Å²) in [5.41, 5.74) is -0.240. The Hall–Kier alpha value is -4.15. The lowest BCUT2D eigenvalue weighted by Crippen LogP contribution is -2.39. The molecule has 1 fully saturated rings. The molecule has 2 aromatic heterocycles. The summed E-state index contributed by atoms with van der Waals surface area (Å²) in [4.78, 5) is 37.5. The van der Waals surface area contributed by atoms with Gasteiger partial charge in [-0.15, -0.1) is 0 Å². The normalized spacial score (nSPS) is 14.8. The zero-order valence-electron chi connectivity index (χ0n) is 19.4. The van der Waals surface area contributed by atoms with Gasteiger partial charge in [0.05, 0.1) is 22.3 Å². The minimum Gasteiger partial charge on any atom is -0.341 e. The first-order chi connectivity index (χ1) is 17.2. The number of benzene rings is 2. The third-order valence-corrected chi connectivity index (χ3v) is 6.21. The maximum absolute atomic E-state index is 13.6. The van der Waals surface area contributed by atoms with Crippen molar-refractivity contribution >= 4 is 22.9 Å². The first kappa shape index (κ1) is 23.6. The topological polar surface area (TPSA) is 87.1 Å². The van der Waals surface area contributed by atoms with Crippen molar-refractivity contribution in [3.8, 4) is 5.69 Å². The SMILES string of the molecule is Cc1cc(=O)c(C(=O)N2CCCN(c3nc4ccccc4[nH]3)CC2)nn1-c1ccccc1C(F)(F)F. The largest absolute Gasteiger partial charge is 0.418 e. The summed E-state index contributed by atoms with van der Waals surface area (Å²) in [6.45, 7) is 3.29. The monoisotopic (exact) mass is 496 g/mol. The zero-order chi connectivity index (χ0) is 25.4. The number of aromatic amines is 1. The molecule has 0 saturated carbocycles. The number of fused-ring (bicyclic) bond motifs is 1. The number of nitrogens with one attached hydrogen (secondary N) is 1. The second-order valence-corrected chi connectivity index (χ2v) is 8.64. The number of imidazole rings is 1. The summed E-state index contributed by atoms with van der Waals surface area (Å²) in [7, 11) is 0. The maximum atomic E-state index is 13.6. The molecule has 1 aliphatic heterocycles. The van der Waals surface area contributed by atoms with E-state index in [0.29, 0.717) is 38.5 Å². The van der Waals surface area contributed by atoms with Crippen molar-refractivity contribution in [2.24, 2.45) is 0 Å². The quantitative estimate of drug-likeness (QED) is 0.467. The molecule has 5 rings (SSSR count). The molecule has 1 aliphatic rings. The number of carbonyl (C=O) groups excluding carboxylic acids is 1. The number of amides is 1. The van der Waals surface area contributed by atoms with Crippen molar-refractivity contribution in [2.45, 2.75) is 19.5 Å². The summed E-state index contributed by atoms with van der Waals surface area (Å²) in [6, 6.07) is 13.8. The molecule has 0 aliphatic carbocycles. The van der Waals surface area contributed by atoms with Crippen LogP contribution in [0.5, 0.6) is 0 Å². The van der Waals surface area contributed by atoms with Gasteiger partial charge in [-0.1, -0.05) is 24.3 Å². The van der Waals surface area contributed by atoms with E-state index < -0.39 is 28.8 Å². The highest BCUT2D eigenvalue weighted by Crippen LogP contribution is 2.33. The van der Waals surface area contributed by atoms with Gasteiger partial charge in [0, 0.05) is 37.9 Å². The third-order valence-electron chi connectivity index (χ3n) is 6.21. The number of aromatic nitrogens is 4. The van der Waals surface area contributed by atoms with Crippen LogP contribution in [0.15, 0.2) is 59.4 Å². The van der Waals surface area contributed by atoms with Crippen LogP contribution in [0.3, 0.4) is 0 Å². The van der Waals surface area contributed by atoms with Gasteiger partial charge in [0.1, 0.15) is 0 Å². The summed E-state index contributed by atoms with van der Waals surface area (Å²) in [6.07, 6.45) is -4.00. The van der Waals surface area contributed by atoms with Gasteiger partial charge in [0.25, 0.3) is 5.91 Å². The fraction of sp³-hybridized carbons (Fsp3) is 0.280. The van der Waals surface area contributed by atoms with Gasteiger partial charge in [0.15, 0.2) is 5.69 Å². The molecule has 0 radical (unpaired) electrons. The Morgan fingerprint density at radius 2 is 1.75 bits per heavy atom. The maximum Gasteiger partial charge on any atom is 0.418 e. The molecule has 3 heterocycles. The van der Waals surface area contributed by atoms with Crippen LogP contribution in [0.4, 0.5) is 19.1 Å². The van der Waals surface area contributed by atoms with E-state index in [9.17, 15) is 22.8 Å².